The van der Waals surface area contributed by atoms with E-state index < -0.39 is 0 Å². The molecule has 0 radical (unpaired) electrons. The smallest absolute Gasteiger partial charge is 0.223 e. The molecule has 0 aromatic carbocycles. The van der Waals surface area contributed by atoms with Gasteiger partial charge in [0.05, 0.1) is 6.20 Å². The summed E-state index contributed by atoms with van der Waals surface area (Å²) in [5.41, 5.74) is 8.23. The van der Waals surface area contributed by atoms with Crippen molar-refractivity contribution in [1.29, 1.82) is 0 Å². The molecule has 0 spiro atoms. The van der Waals surface area contributed by atoms with E-state index in [9.17, 15) is 4.79 Å². The maximum absolute atomic E-state index is 12.3. The Hall–Kier alpha value is -1.07. The first-order valence-corrected chi connectivity index (χ1v) is 7.29. The number of H-pyrrole nitrogens is 1. The summed E-state index contributed by atoms with van der Waals surface area (Å²) < 4.78 is 0. The van der Waals surface area contributed by atoms with Crippen LogP contribution < -0.4 is 11.1 Å². The number of nitrogens with one attached hydrogen (secondary N) is 2. The third-order valence-corrected chi connectivity index (χ3v) is 4.66. The van der Waals surface area contributed by atoms with Crippen LogP contribution in [-0.4, -0.2) is 28.7 Å². The highest BCUT2D eigenvalue weighted by molar-refractivity contribution is 5.85. The van der Waals surface area contributed by atoms with Gasteiger partial charge < -0.3 is 11.1 Å². The number of nitrogens with two attached hydrogens (primary N) is 1. The lowest BCUT2D eigenvalue weighted by molar-refractivity contribution is -0.126. The summed E-state index contributed by atoms with van der Waals surface area (Å²) in [5, 5.41) is 10.3. The van der Waals surface area contributed by atoms with Crippen molar-refractivity contribution in [3.05, 3.63) is 17.5 Å². The quantitative estimate of drug-likeness (QED) is 0.783. The van der Waals surface area contributed by atoms with E-state index in [1.807, 2.05) is 6.20 Å². The summed E-state index contributed by atoms with van der Waals surface area (Å²) in [6.07, 6.45) is 7.99. The fourth-order valence-electron chi connectivity index (χ4n) is 3.51. The molecule has 2 aliphatic carbocycles. The second-order valence-corrected chi connectivity index (χ2v) is 5.86. The maximum Gasteiger partial charge on any atom is 0.223 e. The Morgan fingerprint density at radius 3 is 3.10 bits per heavy atom. The summed E-state index contributed by atoms with van der Waals surface area (Å²) >= 11 is 0. The molecule has 112 valence electrons. The summed E-state index contributed by atoms with van der Waals surface area (Å²) in [6, 6.07) is 0.261. The Bertz CT molecular complexity index is 462. The number of hydrogen-bond acceptors (Lipinski definition) is 3. The van der Waals surface area contributed by atoms with Crippen LogP contribution in [-0.2, 0) is 17.6 Å². The van der Waals surface area contributed by atoms with Crippen molar-refractivity contribution in [2.24, 2.45) is 17.6 Å². The van der Waals surface area contributed by atoms with Crippen molar-refractivity contribution in [2.45, 2.75) is 44.6 Å². The van der Waals surface area contributed by atoms with E-state index in [4.69, 9.17) is 5.73 Å². The standard InChI is InChI=1S/C14H22N4O.ClH/c15-7-9-2-1-3-12(9)14(19)17-11-4-5-13-10(6-11)8-16-18-13;/h8-9,11-12H,1-7,15H2,(H,16,18)(H,17,19);1H/t9-,11?,12-;/m1./s1. The fourth-order valence-corrected chi connectivity index (χ4v) is 3.51. The maximum atomic E-state index is 12.3. The lowest BCUT2D eigenvalue weighted by Gasteiger charge is -2.26. The number of carbonyl (C=O) groups excluding carboxylic acids is 1. The van der Waals surface area contributed by atoms with Crippen LogP contribution in [0.5, 0.6) is 0 Å². The van der Waals surface area contributed by atoms with Crippen LogP contribution in [0, 0.1) is 11.8 Å². The Morgan fingerprint density at radius 1 is 1.45 bits per heavy atom. The summed E-state index contributed by atoms with van der Waals surface area (Å²) in [7, 11) is 0. The normalized spacial score (nSPS) is 28.6. The number of aryl methyl sites for hydroxylation is 1. The first-order chi connectivity index (χ1) is 9.28. The molecule has 20 heavy (non-hydrogen) atoms. The van der Waals surface area contributed by atoms with Gasteiger partial charge in [0.25, 0.3) is 0 Å². The zero-order valence-electron chi connectivity index (χ0n) is 11.6. The van der Waals surface area contributed by atoms with Crippen molar-refractivity contribution >= 4 is 18.3 Å². The minimum Gasteiger partial charge on any atom is -0.353 e. The molecule has 1 aromatic rings. The topological polar surface area (TPSA) is 83.8 Å². The molecule has 1 aromatic heterocycles. The molecule has 3 rings (SSSR count). The van der Waals surface area contributed by atoms with E-state index in [0.717, 1.165) is 38.5 Å². The van der Waals surface area contributed by atoms with Gasteiger partial charge in [0.1, 0.15) is 0 Å². The Morgan fingerprint density at radius 2 is 2.30 bits per heavy atom. The molecule has 0 aliphatic heterocycles. The van der Waals surface area contributed by atoms with Crippen LogP contribution in [0.4, 0.5) is 0 Å². The zero-order chi connectivity index (χ0) is 13.2. The first-order valence-electron chi connectivity index (χ1n) is 7.29. The number of aromatic nitrogens is 2. The van der Waals surface area contributed by atoms with E-state index in [1.165, 1.54) is 11.3 Å². The highest BCUT2D eigenvalue weighted by Gasteiger charge is 2.33. The molecular formula is C14H23ClN4O. The summed E-state index contributed by atoms with van der Waals surface area (Å²) in [6.45, 7) is 0.634. The number of rotatable bonds is 3. The second-order valence-electron chi connectivity index (χ2n) is 5.86. The van der Waals surface area contributed by atoms with Crippen LogP contribution in [0.2, 0.25) is 0 Å². The van der Waals surface area contributed by atoms with Gasteiger partial charge in [0, 0.05) is 17.7 Å². The van der Waals surface area contributed by atoms with Gasteiger partial charge in [-0.05, 0) is 50.1 Å². The van der Waals surface area contributed by atoms with E-state index in [1.54, 1.807) is 0 Å². The molecule has 1 saturated carbocycles. The lowest BCUT2D eigenvalue weighted by atomic mass is 9.91. The van der Waals surface area contributed by atoms with Crippen molar-refractivity contribution in [2.75, 3.05) is 6.54 Å². The molecule has 2 aliphatic rings. The number of halogens is 1. The average molecular weight is 299 g/mol. The molecule has 1 heterocycles. The molecule has 1 fully saturated rings. The minimum absolute atomic E-state index is 0. The molecule has 1 unspecified atom stereocenters. The zero-order valence-corrected chi connectivity index (χ0v) is 12.4. The number of fused-ring (bicyclic) bond motifs is 1. The number of aromatic amines is 1. The Labute approximate surface area is 125 Å². The second kappa shape index (κ2) is 6.59. The van der Waals surface area contributed by atoms with Crippen LogP contribution in [0.15, 0.2) is 6.20 Å². The number of amides is 1. The van der Waals surface area contributed by atoms with Crippen molar-refractivity contribution in [3.63, 3.8) is 0 Å². The molecule has 5 nitrogen and oxygen atoms in total. The minimum atomic E-state index is 0. The largest absolute Gasteiger partial charge is 0.353 e. The molecule has 0 bridgehead atoms. The van der Waals surface area contributed by atoms with Gasteiger partial charge in [-0.3, -0.25) is 9.89 Å². The fraction of sp³-hybridized carbons (Fsp3) is 0.714. The predicted molar refractivity (Wildman–Crippen MR) is 79.7 cm³/mol. The molecule has 1 amide bonds. The highest BCUT2D eigenvalue weighted by Crippen LogP contribution is 2.31. The Balaban J connectivity index is 0.00000147. The molecular weight excluding hydrogens is 276 g/mol. The van der Waals surface area contributed by atoms with Crippen molar-refractivity contribution < 1.29 is 4.79 Å². The number of hydrogen-bond donors (Lipinski definition) is 3. The van der Waals surface area contributed by atoms with Crippen molar-refractivity contribution in [3.8, 4) is 0 Å². The molecule has 0 saturated heterocycles. The van der Waals surface area contributed by atoms with Crippen LogP contribution in [0.3, 0.4) is 0 Å². The van der Waals surface area contributed by atoms with Gasteiger partial charge in [-0.1, -0.05) is 6.42 Å². The molecule has 6 heteroatoms. The SMILES string of the molecule is Cl.NC[C@H]1CCC[C@H]1C(=O)NC1CCc2[nH]ncc2C1. The Kier molecular flexibility index (Phi) is 5.05. The summed E-state index contributed by atoms with van der Waals surface area (Å²) in [5.74, 6) is 0.730. The van der Waals surface area contributed by atoms with E-state index in [-0.39, 0.29) is 30.3 Å². The lowest BCUT2D eigenvalue weighted by Crippen LogP contribution is -2.43. The van der Waals surface area contributed by atoms with E-state index in [0.29, 0.717) is 12.5 Å². The van der Waals surface area contributed by atoms with E-state index in [2.05, 4.69) is 15.5 Å². The number of carbonyl (C=O) groups is 1. The van der Waals surface area contributed by atoms with Gasteiger partial charge in [0.15, 0.2) is 0 Å². The predicted octanol–water partition coefficient (Wildman–Crippen LogP) is 1.18. The van der Waals surface area contributed by atoms with Gasteiger partial charge in [-0.25, -0.2) is 0 Å². The summed E-state index contributed by atoms with van der Waals surface area (Å²) in [4.78, 5) is 12.3. The van der Waals surface area contributed by atoms with Crippen LogP contribution >= 0.6 is 12.4 Å². The molecule has 4 N–H and O–H groups in total. The van der Waals surface area contributed by atoms with Crippen LogP contribution in [0.25, 0.3) is 0 Å². The third kappa shape index (κ3) is 2.99. The van der Waals surface area contributed by atoms with Gasteiger partial charge in [0.2, 0.25) is 5.91 Å². The van der Waals surface area contributed by atoms with Gasteiger partial charge >= 0.3 is 0 Å². The third-order valence-electron chi connectivity index (χ3n) is 4.66. The van der Waals surface area contributed by atoms with Gasteiger partial charge in [-0.2, -0.15) is 5.10 Å². The van der Waals surface area contributed by atoms with Crippen molar-refractivity contribution in [1.82, 2.24) is 15.5 Å². The van der Waals surface area contributed by atoms with Gasteiger partial charge in [-0.15, -0.1) is 12.4 Å². The highest BCUT2D eigenvalue weighted by atomic mass is 35.5. The monoisotopic (exact) mass is 298 g/mol. The number of nitrogens with zero attached hydrogens (tertiary/aromatic N) is 1. The molecule has 3 atom stereocenters. The average Bonchev–Trinajstić information content (AvgIpc) is 3.06. The first kappa shape index (κ1) is 15.3. The van der Waals surface area contributed by atoms with Crippen LogP contribution in [0.1, 0.15) is 36.9 Å². The van der Waals surface area contributed by atoms with E-state index >= 15 is 0 Å².